The summed E-state index contributed by atoms with van der Waals surface area (Å²) in [6, 6.07) is 11.6. The summed E-state index contributed by atoms with van der Waals surface area (Å²) in [5, 5.41) is 3.53. The van der Waals surface area contributed by atoms with Crippen molar-refractivity contribution in [3.8, 4) is 0 Å². The second kappa shape index (κ2) is 6.87. The molecule has 1 heterocycles. The molecule has 1 aliphatic rings. The molecule has 1 aliphatic carbocycles. The maximum absolute atomic E-state index is 12.3. The van der Waals surface area contributed by atoms with Crippen molar-refractivity contribution in [1.82, 2.24) is 15.3 Å². The molecule has 7 heteroatoms. The minimum atomic E-state index is -0.0413. The molecule has 1 atom stereocenters. The number of carbonyl (C=O) groups is 1. The lowest BCUT2D eigenvalue weighted by Crippen LogP contribution is -2.31. The van der Waals surface area contributed by atoms with Crippen molar-refractivity contribution in [3.63, 3.8) is 0 Å². The highest BCUT2D eigenvalue weighted by molar-refractivity contribution is 7.99. The van der Waals surface area contributed by atoms with Gasteiger partial charge in [0.1, 0.15) is 11.6 Å². The van der Waals surface area contributed by atoms with Gasteiger partial charge in [-0.3, -0.25) is 4.79 Å². The molecule has 0 aliphatic heterocycles. The van der Waals surface area contributed by atoms with Gasteiger partial charge in [0.15, 0.2) is 5.16 Å². The van der Waals surface area contributed by atoms with Gasteiger partial charge in [-0.2, -0.15) is 0 Å². The summed E-state index contributed by atoms with van der Waals surface area (Å²) < 4.78 is 0. The van der Waals surface area contributed by atoms with Crippen molar-refractivity contribution < 1.29 is 4.79 Å². The zero-order valence-electron chi connectivity index (χ0n) is 12.6. The van der Waals surface area contributed by atoms with Crippen LogP contribution in [0.4, 0.5) is 11.6 Å². The third-order valence-electron chi connectivity index (χ3n) is 3.65. The van der Waals surface area contributed by atoms with Crippen LogP contribution in [0.1, 0.15) is 24.4 Å². The number of nitrogens with two attached hydrogens (primary N) is 2. The van der Waals surface area contributed by atoms with Gasteiger partial charge in [-0.25, -0.2) is 9.97 Å². The molecule has 1 saturated carbocycles. The molecule has 0 saturated heterocycles. The molecule has 0 spiro atoms. The van der Waals surface area contributed by atoms with Crippen LogP contribution in [0.5, 0.6) is 0 Å². The molecule has 1 aromatic heterocycles. The lowest BCUT2D eigenvalue weighted by Gasteiger charge is -2.18. The summed E-state index contributed by atoms with van der Waals surface area (Å²) in [5.41, 5.74) is 12.4. The minimum Gasteiger partial charge on any atom is -0.383 e. The average Bonchev–Trinajstić information content (AvgIpc) is 3.35. The van der Waals surface area contributed by atoms with Crippen LogP contribution in [0.3, 0.4) is 0 Å². The van der Waals surface area contributed by atoms with E-state index in [1.165, 1.54) is 17.8 Å². The van der Waals surface area contributed by atoms with E-state index in [1.54, 1.807) is 0 Å². The van der Waals surface area contributed by atoms with Gasteiger partial charge in [0.05, 0.1) is 11.8 Å². The van der Waals surface area contributed by atoms with E-state index < -0.39 is 0 Å². The first kappa shape index (κ1) is 15.6. The van der Waals surface area contributed by atoms with Crippen LogP contribution >= 0.6 is 11.8 Å². The Bertz CT molecular complexity index is 670. The Hall–Kier alpha value is -2.28. The number of amides is 1. The van der Waals surface area contributed by atoms with Crippen LogP contribution in [0, 0.1) is 5.92 Å². The average molecular weight is 329 g/mol. The Kier molecular flexibility index (Phi) is 4.66. The summed E-state index contributed by atoms with van der Waals surface area (Å²) in [6.07, 6.45) is 2.31. The number of benzene rings is 1. The largest absolute Gasteiger partial charge is 0.383 e. The summed E-state index contributed by atoms with van der Waals surface area (Å²) in [7, 11) is 0. The molecule has 23 heavy (non-hydrogen) atoms. The van der Waals surface area contributed by atoms with Gasteiger partial charge < -0.3 is 16.8 Å². The van der Waals surface area contributed by atoms with Crippen LogP contribution in [0.15, 0.2) is 41.6 Å². The van der Waals surface area contributed by atoms with E-state index in [9.17, 15) is 4.79 Å². The van der Waals surface area contributed by atoms with Gasteiger partial charge in [0.25, 0.3) is 0 Å². The fourth-order valence-electron chi connectivity index (χ4n) is 2.43. The molecular weight excluding hydrogens is 310 g/mol. The fraction of sp³-hybridized carbons (Fsp3) is 0.312. The van der Waals surface area contributed by atoms with Crippen molar-refractivity contribution in [2.75, 3.05) is 17.2 Å². The topological polar surface area (TPSA) is 107 Å². The maximum atomic E-state index is 12.3. The molecular formula is C16H19N5OS. The normalized spacial score (nSPS) is 15.1. The summed E-state index contributed by atoms with van der Waals surface area (Å²) in [4.78, 5) is 20.4. The van der Waals surface area contributed by atoms with Crippen molar-refractivity contribution in [1.29, 1.82) is 0 Å². The number of nitrogens with zero attached hydrogens (tertiary/aromatic N) is 2. The maximum Gasteiger partial charge on any atom is 0.230 e. The van der Waals surface area contributed by atoms with Crippen molar-refractivity contribution in [3.05, 3.63) is 42.0 Å². The van der Waals surface area contributed by atoms with E-state index in [4.69, 9.17) is 11.5 Å². The summed E-state index contributed by atoms with van der Waals surface area (Å²) in [6.45, 7) is 0. The first-order valence-electron chi connectivity index (χ1n) is 7.49. The van der Waals surface area contributed by atoms with Gasteiger partial charge in [-0.15, -0.1) is 0 Å². The van der Waals surface area contributed by atoms with Gasteiger partial charge in [0.2, 0.25) is 5.91 Å². The molecule has 1 amide bonds. The van der Waals surface area contributed by atoms with Crippen LogP contribution in [0.25, 0.3) is 0 Å². The molecule has 2 aromatic rings. The molecule has 3 rings (SSSR count). The first-order chi connectivity index (χ1) is 11.1. The van der Waals surface area contributed by atoms with Gasteiger partial charge in [-0.05, 0) is 24.3 Å². The molecule has 120 valence electrons. The number of hydrogen-bond donors (Lipinski definition) is 3. The van der Waals surface area contributed by atoms with E-state index >= 15 is 0 Å². The molecule has 0 radical (unpaired) electrons. The first-order valence-corrected chi connectivity index (χ1v) is 8.47. The van der Waals surface area contributed by atoms with Crippen molar-refractivity contribution >= 4 is 29.3 Å². The Morgan fingerprint density at radius 3 is 2.48 bits per heavy atom. The standard InChI is InChI=1S/C16H19N5OS/c17-12-8-13(18)20-16(19-12)23-9-14(22)21-15(11-6-7-11)10-4-2-1-3-5-10/h1-5,8,11,15H,6-7,9H2,(H,21,22)(H4,17,18,19,20). The number of anilines is 2. The molecule has 5 N–H and O–H groups in total. The second-order valence-corrected chi connectivity index (χ2v) is 6.52. The number of nitrogens with one attached hydrogen (secondary N) is 1. The number of rotatable bonds is 6. The Labute approximate surface area is 139 Å². The second-order valence-electron chi connectivity index (χ2n) is 5.58. The van der Waals surface area contributed by atoms with Crippen molar-refractivity contribution in [2.45, 2.75) is 24.0 Å². The predicted molar refractivity (Wildman–Crippen MR) is 91.6 cm³/mol. The quantitative estimate of drug-likeness (QED) is 0.553. The van der Waals surface area contributed by atoms with Crippen LogP contribution < -0.4 is 16.8 Å². The smallest absolute Gasteiger partial charge is 0.230 e. The zero-order chi connectivity index (χ0) is 16.2. The highest BCUT2D eigenvalue weighted by Crippen LogP contribution is 2.40. The highest BCUT2D eigenvalue weighted by atomic mass is 32.2. The monoisotopic (exact) mass is 329 g/mol. The summed E-state index contributed by atoms with van der Waals surface area (Å²) in [5.74, 6) is 1.34. The Morgan fingerprint density at radius 2 is 1.87 bits per heavy atom. The third-order valence-corrected chi connectivity index (χ3v) is 4.49. The minimum absolute atomic E-state index is 0.0413. The van der Waals surface area contributed by atoms with Gasteiger partial charge >= 0.3 is 0 Å². The number of nitrogen functional groups attached to an aromatic ring is 2. The van der Waals surface area contributed by atoms with Crippen LogP contribution in [-0.4, -0.2) is 21.6 Å². The number of thioether (sulfide) groups is 1. The van der Waals surface area contributed by atoms with Crippen molar-refractivity contribution in [2.24, 2.45) is 5.92 Å². The third kappa shape index (κ3) is 4.35. The number of aromatic nitrogens is 2. The van der Waals surface area contributed by atoms with E-state index in [0.29, 0.717) is 22.7 Å². The summed E-state index contributed by atoms with van der Waals surface area (Å²) >= 11 is 1.23. The van der Waals surface area contributed by atoms with Crippen LogP contribution in [0.2, 0.25) is 0 Å². The molecule has 0 bridgehead atoms. The van der Waals surface area contributed by atoms with E-state index in [2.05, 4.69) is 27.4 Å². The zero-order valence-corrected chi connectivity index (χ0v) is 13.4. The van der Waals surface area contributed by atoms with Gasteiger partial charge in [0, 0.05) is 6.07 Å². The highest BCUT2D eigenvalue weighted by Gasteiger charge is 2.33. The molecule has 1 unspecified atom stereocenters. The van der Waals surface area contributed by atoms with E-state index in [1.807, 2.05) is 18.2 Å². The number of carbonyl (C=O) groups excluding carboxylic acids is 1. The Balaban J connectivity index is 1.59. The number of hydrogen-bond acceptors (Lipinski definition) is 6. The van der Waals surface area contributed by atoms with E-state index in [0.717, 1.165) is 18.4 Å². The lowest BCUT2D eigenvalue weighted by molar-refractivity contribution is -0.119. The Morgan fingerprint density at radius 1 is 1.22 bits per heavy atom. The van der Waals surface area contributed by atoms with Gasteiger partial charge in [-0.1, -0.05) is 42.1 Å². The molecule has 1 fully saturated rings. The van der Waals surface area contributed by atoms with Crippen LogP contribution in [-0.2, 0) is 4.79 Å². The molecule has 1 aromatic carbocycles. The van der Waals surface area contributed by atoms with E-state index in [-0.39, 0.29) is 17.7 Å². The lowest BCUT2D eigenvalue weighted by atomic mass is 10.0. The molecule has 6 nitrogen and oxygen atoms in total. The SMILES string of the molecule is Nc1cc(N)nc(SCC(=O)NC(c2ccccc2)C2CC2)n1. The fourth-order valence-corrected chi connectivity index (χ4v) is 3.12. The predicted octanol–water partition coefficient (Wildman–Crippen LogP) is 2.00.